The van der Waals surface area contributed by atoms with Crippen molar-refractivity contribution in [2.75, 3.05) is 12.0 Å². The topological polar surface area (TPSA) is 105 Å². The number of nitrogens with zero attached hydrogens (tertiary/aromatic N) is 3. The molecule has 0 unspecified atom stereocenters. The Hall–Kier alpha value is -3.39. The van der Waals surface area contributed by atoms with E-state index in [1.807, 2.05) is 49.4 Å². The van der Waals surface area contributed by atoms with Gasteiger partial charge in [-0.15, -0.1) is 0 Å². The van der Waals surface area contributed by atoms with E-state index < -0.39 is 18.2 Å². The zero-order valence-electron chi connectivity index (χ0n) is 20.1. The van der Waals surface area contributed by atoms with Gasteiger partial charge in [-0.05, 0) is 63.1 Å². The van der Waals surface area contributed by atoms with Gasteiger partial charge in [-0.3, -0.25) is 9.69 Å². The van der Waals surface area contributed by atoms with Gasteiger partial charge in [0, 0.05) is 17.6 Å². The molecule has 1 aliphatic heterocycles. The van der Waals surface area contributed by atoms with E-state index in [0.29, 0.717) is 31.5 Å². The van der Waals surface area contributed by atoms with Crippen LogP contribution in [0.25, 0.3) is 11.0 Å². The number of aliphatic hydroxyl groups excluding tert-OH is 1. The molecule has 2 N–H and O–H groups in total. The molecular formula is C27H31N3O5. The van der Waals surface area contributed by atoms with Crippen LogP contribution in [0.3, 0.4) is 0 Å². The van der Waals surface area contributed by atoms with E-state index in [9.17, 15) is 19.8 Å². The van der Waals surface area contributed by atoms with Crippen LogP contribution < -0.4 is 4.90 Å². The van der Waals surface area contributed by atoms with Gasteiger partial charge < -0.3 is 19.5 Å². The highest BCUT2D eigenvalue weighted by Gasteiger charge is 2.34. The molecule has 8 heteroatoms. The van der Waals surface area contributed by atoms with E-state index in [1.54, 1.807) is 4.90 Å². The number of aliphatic carboxylic acids is 1. The van der Waals surface area contributed by atoms with Gasteiger partial charge in [-0.1, -0.05) is 30.3 Å². The van der Waals surface area contributed by atoms with Gasteiger partial charge in [0.1, 0.15) is 11.9 Å². The van der Waals surface area contributed by atoms with Crippen molar-refractivity contribution >= 4 is 28.8 Å². The minimum atomic E-state index is -0.921. The van der Waals surface area contributed by atoms with E-state index in [0.717, 1.165) is 40.7 Å². The van der Waals surface area contributed by atoms with Crippen LogP contribution >= 0.6 is 0 Å². The maximum absolute atomic E-state index is 12.6. The second kappa shape index (κ2) is 9.34. The number of rotatable bonds is 4. The fourth-order valence-electron chi connectivity index (χ4n) is 5.73. The van der Waals surface area contributed by atoms with Crippen LogP contribution in [-0.2, 0) is 16.0 Å². The summed E-state index contributed by atoms with van der Waals surface area (Å²) in [5.74, 6) is -0.511. The molecule has 0 saturated heterocycles. The first-order chi connectivity index (χ1) is 16.9. The third kappa shape index (κ3) is 4.05. The molecule has 1 aliphatic carbocycles. The lowest BCUT2D eigenvalue weighted by molar-refractivity contribution is -0.143. The molecule has 3 aromatic rings. The zero-order chi connectivity index (χ0) is 24.7. The largest absolute Gasteiger partial charge is 0.481 e. The minimum Gasteiger partial charge on any atom is -0.481 e. The highest BCUT2D eigenvalue weighted by molar-refractivity contribution is 5.95. The molecule has 0 spiro atoms. The number of aryl methyl sites for hydroxylation is 1. The summed E-state index contributed by atoms with van der Waals surface area (Å²) in [4.78, 5) is 30.8. The molecule has 2 aromatic carbocycles. The second-order valence-corrected chi connectivity index (χ2v) is 9.66. The summed E-state index contributed by atoms with van der Waals surface area (Å²) < 4.78 is 7.17. The van der Waals surface area contributed by atoms with Gasteiger partial charge in [0.05, 0.1) is 29.7 Å². The number of anilines is 1. The van der Waals surface area contributed by atoms with Crippen LogP contribution in [0.2, 0.25) is 0 Å². The molecule has 0 radical (unpaired) electrons. The Balaban J connectivity index is 1.65. The number of benzene rings is 2. The van der Waals surface area contributed by atoms with Crippen LogP contribution in [-0.4, -0.2) is 45.0 Å². The Kier molecular flexibility index (Phi) is 6.23. The normalized spacial score (nSPS) is 23.1. The maximum Gasteiger partial charge on any atom is 0.414 e. The summed E-state index contributed by atoms with van der Waals surface area (Å²) in [6, 6.07) is 13.4. The van der Waals surface area contributed by atoms with Crippen molar-refractivity contribution in [2.45, 2.75) is 63.6 Å². The van der Waals surface area contributed by atoms with Crippen LogP contribution in [0, 0.1) is 5.92 Å². The molecule has 8 nitrogen and oxygen atoms in total. The SMILES string of the molecule is COC(=O)N1c2ccc3c(nc([C@@H](O)c4ccccc4)n3C3CCC(C(=O)O)CC3)c2CC[C@@H]1C. The molecule has 1 aromatic heterocycles. The number of ether oxygens (including phenoxy) is 1. The molecular weight excluding hydrogens is 446 g/mol. The summed E-state index contributed by atoms with van der Waals surface area (Å²) in [6.45, 7) is 2.01. The second-order valence-electron chi connectivity index (χ2n) is 9.66. The molecule has 35 heavy (non-hydrogen) atoms. The first-order valence-corrected chi connectivity index (χ1v) is 12.3. The summed E-state index contributed by atoms with van der Waals surface area (Å²) in [6.07, 6.45) is 2.85. The van der Waals surface area contributed by atoms with Gasteiger partial charge in [-0.25, -0.2) is 9.78 Å². The number of imidazole rings is 1. The number of amides is 1. The van der Waals surface area contributed by atoms with Crippen LogP contribution in [0.5, 0.6) is 0 Å². The lowest BCUT2D eigenvalue weighted by atomic mass is 9.85. The van der Waals surface area contributed by atoms with Gasteiger partial charge in [-0.2, -0.15) is 0 Å². The number of carbonyl (C=O) groups is 2. The standard InChI is InChI=1S/C27H31N3O5/c1-16-8-13-20-21(29(16)27(34)35-2)14-15-22-23(20)28-25(24(31)17-6-4-3-5-7-17)30(22)19-11-9-18(10-12-19)26(32)33/h3-7,14-16,18-19,24,31H,8-13H2,1-2H3,(H,32,33)/t16-,18?,19?,24-/m0/s1. The van der Waals surface area contributed by atoms with Crippen molar-refractivity contribution in [2.24, 2.45) is 5.92 Å². The van der Waals surface area contributed by atoms with Crippen molar-refractivity contribution in [1.29, 1.82) is 0 Å². The van der Waals surface area contributed by atoms with Gasteiger partial charge in [0.15, 0.2) is 0 Å². The highest BCUT2D eigenvalue weighted by atomic mass is 16.5. The van der Waals surface area contributed by atoms with E-state index in [4.69, 9.17) is 9.72 Å². The first-order valence-electron chi connectivity index (χ1n) is 12.3. The maximum atomic E-state index is 12.6. The van der Waals surface area contributed by atoms with Crippen molar-refractivity contribution < 1.29 is 24.5 Å². The van der Waals surface area contributed by atoms with Crippen molar-refractivity contribution in [3.05, 3.63) is 59.4 Å². The molecule has 2 heterocycles. The molecule has 184 valence electrons. The first kappa shape index (κ1) is 23.4. The predicted octanol–water partition coefficient (Wildman–Crippen LogP) is 4.84. The average molecular weight is 478 g/mol. The minimum absolute atomic E-state index is 0.00941. The number of carbonyl (C=O) groups excluding carboxylic acids is 1. The fraction of sp³-hybridized carbons (Fsp3) is 0.444. The average Bonchev–Trinajstić information content (AvgIpc) is 3.28. The molecule has 2 aliphatic rings. The Morgan fingerprint density at radius 2 is 1.77 bits per heavy atom. The summed E-state index contributed by atoms with van der Waals surface area (Å²) in [7, 11) is 1.39. The number of aliphatic hydroxyl groups is 1. The number of carboxylic acids is 1. The predicted molar refractivity (Wildman–Crippen MR) is 132 cm³/mol. The van der Waals surface area contributed by atoms with E-state index in [-0.39, 0.29) is 18.0 Å². The van der Waals surface area contributed by atoms with E-state index >= 15 is 0 Å². The van der Waals surface area contributed by atoms with Gasteiger partial charge >= 0.3 is 12.1 Å². The molecule has 1 amide bonds. The van der Waals surface area contributed by atoms with Crippen LogP contribution in [0.1, 0.15) is 68.1 Å². The van der Waals surface area contributed by atoms with E-state index in [2.05, 4.69) is 4.57 Å². The van der Waals surface area contributed by atoms with E-state index in [1.165, 1.54) is 7.11 Å². The van der Waals surface area contributed by atoms with Crippen molar-refractivity contribution in [3.8, 4) is 0 Å². The lowest BCUT2D eigenvalue weighted by Crippen LogP contribution is -2.42. The third-order valence-corrected chi connectivity index (χ3v) is 7.62. The smallest absolute Gasteiger partial charge is 0.414 e. The Morgan fingerprint density at radius 3 is 2.43 bits per heavy atom. The molecule has 1 saturated carbocycles. The monoisotopic (exact) mass is 477 g/mol. The summed E-state index contributed by atoms with van der Waals surface area (Å²) in [5, 5.41) is 20.9. The molecule has 1 fully saturated rings. The van der Waals surface area contributed by atoms with Crippen molar-refractivity contribution in [3.63, 3.8) is 0 Å². The Morgan fingerprint density at radius 1 is 1.06 bits per heavy atom. The fourth-order valence-corrected chi connectivity index (χ4v) is 5.73. The molecule has 5 rings (SSSR count). The number of hydrogen-bond acceptors (Lipinski definition) is 5. The Labute approximate surface area is 204 Å². The lowest BCUT2D eigenvalue weighted by Gasteiger charge is -2.34. The van der Waals surface area contributed by atoms with Gasteiger partial charge in [0.25, 0.3) is 0 Å². The summed E-state index contributed by atoms with van der Waals surface area (Å²) in [5.41, 5.74) is 4.22. The number of methoxy groups -OCH3 is 1. The van der Waals surface area contributed by atoms with Crippen LogP contribution in [0.15, 0.2) is 42.5 Å². The Bertz CT molecular complexity index is 1250. The quantitative estimate of drug-likeness (QED) is 0.557. The number of aromatic nitrogens is 2. The number of carboxylic acid groups (broad SMARTS) is 1. The molecule has 0 bridgehead atoms. The summed E-state index contributed by atoms with van der Waals surface area (Å²) >= 11 is 0. The zero-order valence-corrected chi connectivity index (χ0v) is 20.1. The van der Waals surface area contributed by atoms with Crippen LogP contribution in [0.4, 0.5) is 10.5 Å². The highest BCUT2D eigenvalue weighted by Crippen LogP contribution is 2.42. The number of hydrogen-bond donors (Lipinski definition) is 2. The van der Waals surface area contributed by atoms with Gasteiger partial charge in [0.2, 0.25) is 0 Å². The third-order valence-electron chi connectivity index (χ3n) is 7.62. The van der Waals surface area contributed by atoms with Crippen molar-refractivity contribution in [1.82, 2.24) is 9.55 Å². The number of fused-ring (bicyclic) bond motifs is 3. The molecule has 2 atom stereocenters.